The van der Waals surface area contributed by atoms with Gasteiger partial charge < -0.3 is 10.1 Å². The van der Waals surface area contributed by atoms with E-state index in [4.69, 9.17) is 4.74 Å². The lowest BCUT2D eigenvalue weighted by Crippen LogP contribution is -2.27. The van der Waals surface area contributed by atoms with Gasteiger partial charge in [-0.2, -0.15) is 0 Å². The van der Waals surface area contributed by atoms with Gasteiger partial charge in [-0.05, 0) is 49.9 Å². The Hall–Kier alpha value is -1.27. The van der Waals surface area contributed by atoms with Gasteiger partial charge in [-0.15, -0.1) is 0 Å². The van der Waals surface area contributed by atoms with Crippen LogP contribution in [-0.4, -0.2) is 33.9 Å². The van der Waals surface area contributed by atoms with Gasteiger partial charge in [-0.25, -0.2) is 8.42 Å². The molecular formula is C14H22N2O3S. The highest BCUT2D eigenvalue weighted by molar-refractivity contribution is 7.92. The third kappa shape index (κ3) is 4.38. The summed E-state index contributed by atoms with van der Waals surface area (Å²) in [5.41, 5.74) is 1.57. The van der Waals surface area contributed by atoms with E-state index in [0.29, 0.717) is 24.3 Å². The molecule has 1 saturated carbocycles. The summed E-state index contributed by atoms with van der Waals surface area (Å²) in [6.45, 7) is 2.30. The lowest BCUT2D eigenvalue weighted by atomic mass is 10.2. The highest BCUT2D eigenvalue weighted by Gasteiger charge is 2.31. The van der Waals surface area contributed by atoms with E-state index in [1.165, 1.54) is 12.8 Å². The number of methoxy groups -OCH3 is 1. The summed E-state index contributed by atoms with van der Waals surface area (Å²) in [5, 5.41) is 3.44. The van der Waals surface area contributed by atoms with Crippen molar-refractivity contribution in [1.82, 2.24) is 0 Å². The van der Waals surface area contributed by atoms with Crippen molar-refractivity contribution in [3.05, 3.63) is 24.3 Å². The molecule has 1 aromatic carbocycles. The lowest BCUT2D eigenvalue weighted by Gasteiger charge is -2.19. The van der Waals surface area contributed by atoms with E-state index in [-0.39, 0.29) is 5.75 Å². The largest absolute Gasteiger partial charge is 0.383 e. The van der Waals surface area contributed by atoms with Crippen LogP contribution in [0, 0.1) is 5.92 Å². The minimum absolute atomic E-state index is 0.0740. The highest BCUT2D eigenvalue weighted by atomic mass is 32.2. The van der Waals surface area contributed by atoms with E-state index in [0.717, 1.165) is 5.69 Å². The predicted molar refractivity (Wildman–Crippen MR) is 81.5 cm³/mol. The van der Waals surface area contributed by atoms with Gasteiger partial charge in [-0.3, -0.25) is 4.72 Å². The monoisotopic (exact) mass is 298 g/mol. The Morgan fingerprint density at radius 3 is 2.35 bits per heavy atom. The van der Waals surface area contributed by atoms with Crippen LogP contribution >= 0.6 is 0 Å². The normalized spacial score (nSPS) is 16.7. The van der Waals surface area contributed by atoms with Crippen LogP contribution in [-0.2, 0) is 14.8 Å². The van der Waals surface area contributed by atoms with Gasteiger partial charge in [0.25, 0.3) is 0 Å². The molecule has 0 saturated heterocycles. The Morgan fingerprint density at radius 1 is 1.25 bits per heavy atom. The SMILES string of the molecule is CCS(=O)(=O)Nc1ccc(NC(COC)C2CC2)cc1. The summed E-state index contributed by atoms with van der Waals surface area (Å²) >= 11 is 0. The molecule has 1 aliphatic carbocycles. The molecule has 0 aromatic heterocycles. The molecule has 0 spiro atoms. The molecule has 5 nitrogen and oxygen atoms in total. The number of benzene rings is 1. The minimum atomic E-state index is -3.21. The average molecular weight is 298 g/mol. The maximum atomic E-state index is 11.5. The first-order chi connectivity index (χ1) is 9.54. The fourth-order valence-electron chi connectivity index (χ4n) is 2.07. The molecule has 0 radical (unpaired) electrons. The Balaban J connectivity index is 1.97. The summed E-state index contributed by atoms with van der Waals surface area (Å²) in [4.78, 5) is 0. The molecule has 0 bridgehead atoms. The van der Waals surface area contributed by atoms with Crippen molar-refractivity contribution in [1.29, 1.82) is 0 Å². The molecule has 1 fully saturated rings. The van der Waals surface area contributed by atoms with E-state index in [1.54, 1.807) is 26.2 Å². The Bertz CT molecular complexity index is 524. The van der Waals surface area contributed by atoms with Crippen LogP contribution in [0.2, 0.25) is 0 Å². The van der Waals surface area contributed by atoms with E-state index < -0.39 is 10.0 Å². The average Bonchev–Trinajstić information content (AvgIpc) is 3.24. The molecule has 112 valence electrons. The second-order valence-electron chi connectivity index (χ2n) is 5.13. The summed E-state index contributed by atoms with van der Waals surface area (Å²) in [5.74, 6) is 0.762. The lowest BCUT2D eigenvalue weighted by molar-refractivity contribution is 0.179. The second-order valence-corrected chi connectivity index (χ2v) is 7.14. The van der Waals surface area contributed by atoms with E-state index >= 15 is 0 Å². The van der Waals surface area contributed by atoms with Crippen molar-refractivity contribution >= 4 is 21.4 Å². The van der Waals surface area contributed by atoms with Crippen LogP contribution < -0.4 is 10.0 Å². The number of nitrogens with one attached hydrogen (secondary N) is 2. The maximum absolute atomic E-state index is 11.5. The van der Waals surface area contributed by atoms with E-state index in [2.05, 4.69) is 10.0 Å². The summed E-state index contributed by atoms with van der Waals surface area (Å²) < 4.78 is 30.7. The fourth-order valence-corrected chi connectivity index (χ4v) is 2.71. The van der Waals surface area contributed by atoms with Crippen LogP contribution in [0.3, 0.4) is 0 Å². The maximum Gasteiger partial charge on any atom is 0.232 e. The second kappa shape index (κ2) is 6.45. The number of hydrogen-bond acceptors (Lipinski definition) is 4. The molecule has 0 amide bonds. The van der Waals surface area contributed by atoms with Crippen LogP contribution in [0.25, 0.3) is 0 Å². The molecule has 6 heteroatoms. The first-order valence-electron chi connectivity index (χ1n) is 6.90. The molecule has 1 unspecified atom stereocenters. The van der Waals surface area contributed by atoms with E-state index in [9.17, 15) is 8.42 Å². The standard InChI is InChI=1S/C14H22N2O3S/c1-3-20(17,18)16-13-8-6-12(7-9-13)15-14(10-19-2)11-4-5-11/h6-9,11,14-16H,3-5,10H2,1-2H3. The molecule has 20 heavy (non-hydrogen) atoms. The van der Waals surface area contributed by atoms with Gasteiger partial charge >= 0.3 is 0 Å². The van der Waals surface area contributed by atoms with Gasteiger partial charge in [0.15, 0.2) is 0 Å². The predicted octanol–water partition coefficient (Wildman–Crippen LogP) is 2.29. The number of ether oxygens (including phenoxy) is 1. The number of rotatable bonds is 8. The van der Waals surface area contributed by atoms with Gasteiger partial charge in [-0.1, -0.05) is 0 Å². The zero-order valence-corrected chi connectivity index (χ0v) is 12.7. The fraction of sp³-hybridized carbons (Fsp3) is 0.571. The zero-order valence-electron chi connectivity index (χ0n) is 11.9. The quantitative estimate of drug-likeness (QED) is 0.772. The molecular weight excluding hydrogens is 276 g/mol. The molecule has 0 heterocycles. The molecule has 1 aromatic rings. The van der Waals surface area contributed by atoms with Crippen molar-refractivity contribution in [2.45, 2.75) is 25.8 Å². The van der Waals surface area contributed by atoms with Crippen molar-refractivity contribution in [3.8, 4) is 0 Å². The van der Waals surface area contributed by atoms with Gasteiger partial charge in [0.1, 0.15) is 0 Å². The smallest absolute Gasteiger partial charge is 0.232 e. The minimum Gasteiger partial charge on any atom is -0.383 e. The molecule has 2 rings (SSSR count). The Labute approximate surface area is 120 Å². The van der Waals surface area contributed by atoms with Crippen molar-refractivity contribution in [2.75, 3.05) is 29.5 Å². The summed E-state index contributed by atoms with van der Waals surface area (Å²) in [7, 11) is -1.50. The highest BCUT2D eigenvalue weighted by Crippen LogP contribution is 2.34. The number of hydrogen-bond donors (Lipinski definition) is 2. The van der Waals surface area contributed by atoms with Crippen LogP contribution in [0.5, 0.6) is 0 Å². The Morgan fingerprint density at radius 2 is 1.85 bits per heavy atom. The third-order valence-electron chi connectivity index (χ3n) is 3.43. The van der Waals surface area contributed by atoms with Crippen LogP contribution in [0.15, 0.2) is 24.3 Å². The Kier molecular flexibility index (Phi) is 4.88. The molecule has 1 atom stereocenters. The molecule has 2 N–H and O–H groups in total. The third-order valence-corrected chi connectivity index (χ3v) is 4.73. The van der Waals surface area contributed by atoms with Crippen LogP contribution in [0.4, 0.5) is 11.4 Å². The number of sulfonamides is 1. The topological polar surface area (TPSA) is 67.4 Å². The summed E-state index contributed by atoms with van der Waals surface area (Å²) in [6, 6.07) is 7.65. The summed E-state index contributed by atoms with van der Waals surface area (Å²) in [6.07, 6.45) is 2.49. The molecule has 0 aliphatic heterocycles. The van der Waals surface area contributed by atoms with Crippen LogP contribution in [0.1, 0.15) is 19.8 Å². The number of anilines is 2. The van der Waals surface area contributed by atoms with Crippen molar-refractivity contribution in [2.24, 2.45) is 5.92 Å². The van der Waals surface area contributed by atoms with E-state index in [1.807, 2.05) is 12.1 Å². The first-order valence-corrected chi connectivity index (χ1v) is 8.55. The van der Waals surface area contributed by atoms with Gasteiger partial charge in [0.2, 0.25) is 10.0 Å². The van der Waals surface area contributed by atoms with Gasteiger partial charge in [0, 0.05) is 18.5 Å². The zero-order chi connectivity index (χ0) is 14.6. The van der Waals surface area contributed by atoms with Gasteiger partial charge in [0.05, 0.1) is 18.4 Å². The van der Waals surface area contributed by atoms with Crippen molar-refractivity contribution in [3.63, 3.8) is 0 Å². The first kappa shape index (κ1) is 15.1. The van der Waals surface area contributed by atoms with Crippen molar-refractivity contribution < 1.29 is 13.2 Å². The molecule has 1 aliphatic rings.